The Morgan fingerprint density at radius 2 is 1.85 bits per heavy atom. The summed E-state index contributed by atoms with van der Waals surface area (Å²) in [4.78, 5) is 24.1. The topological polar surface area (TPSA) is 83.6 Å². The van der Waals surface area contributed by atoms with Gasteiger partial charge >= 0.3 is 0 Å². The van der Waals surface area contributed by atoms with Gasteiger partial charge in [-0.2, -0.15) is 0 Å². The number of nitrogens with zero attached hydrogens (tertiary/aromatic N) is 1. The van der Waals surface area contributed by atoms with Crippen molar-refractivity contribution >= 4 is 11.8 Å². The van der Waals surface area contributed by atoms with Gasteiger partial charge in [-0.05, 0) is 6.42 Å². The molecule has 3 N–H and O–H groups in total. The Labute approximate surface area is 75.5 Å². The molecule has 2 atom stereocenters. The van der Waals surface area contributed by atoms with Crippen LogP contribution in [0.2, 0.25) is 0 Å². The van der Waals surface area contributed by atoms with E-state index in [0.717, 1.165) is 0 Å². The van der Waals surface area contributed by atoms with Crippen LogP contribution < -0.4 is 5.73 Å². The van der Waals surface area contributed by atoms with Crippen LogP contribution in [0, 0.1) is 11.8 Å². The molecule has 13 heavy (non-hydrogen) atoms. The van der Waals surface area contributed by atoms with Gasteiger partial charge in [0.15, 0.2) is 0 Å². The van der Waals surface area contributed by atoms with E-state index in [2.05, 4.69) is 0 Å². The van der Waals surface area contributed by atoms with Gasteiger partial charge in [-0.25, -0.2) is 0 Å². The molecule has 0 aromatic carbocycles. The van der Waals surface area contributed by atoms with Crippen LogP contribution in [0.1, 0.15) is 6.42 Å². The molecule has 5 nitrogen and oxygen atoms in total. The minimum absolute atomic E-state index is 0.00154. The third kappa shape index (κ3) is 1.08. The van der Waals surface area contributed by atoms with Crippen LogP contribution in [-0.2, 0) is 9.59 Å². The zero-order valence-corrected chi connectivity index (χ0v) is 7.14. The third-order valence-corrected chi connectivity index (χ3v) is 2.72. The second-order valence-corrected chi connectivity index (χ2v) is 3.53. The van der Waals surface area contributed by atoms with Gasteiger partial charge in [-0.15, -0.1) is 0 Å². The number of aliphatic hydroxyl groups is 1. The predicted octanol–water partition coefficient (Wildman–Crippen LogP) is -1.69. The van der Waals surface area contributed by atoms with Gasteiger partial charge in [0.1, 0.15) is 0 Å². The highest BCUT2D eigenvalue weighted by Crippen LogP contribution is 2.45. The molecule has 0 radical (unpaired) electrons. The number of likely N-dealkylation sites (tertiary alicyclic amines) is 1. The smallest absolute Gasteiger partial charge is 0.234 e. The summed E-state index contributed by atoms with van der Waals surface area (Å²) in [6, 6.07) is -0.245. The van der Waals surface area contributed by atoms with E-state index in [9.17, 15) is 9.59 Å². The number of carbonyl (C=O) groups is 2. The molecule has 2 aliphatic rings. The molecule has 0 aromatic heterocycles. The Hall–Kier alpha value is -0.940. The van der Waals surface area contributed by atoms with E-state index in [1.807, 2.05) is 0 Å². The van der Waals surface area contributed by atoms with Crippen molar-refractivity contribution in [2.45, 2.75) is 12.5 Å². The first-order valence-corrected chi connectivity index (χ1v) is 4.40. The number of hydrogen-bond donors (Lipinski definition) is 2. The van der Waals surface area contributed by atoms with E-state index < -0.39 is 0 Å². The van der Waals surface area contributed by atoms with Crippen molar-refractivity contribution in [3.63, 3.8) is 0 Å². The van der Waals surface area contributed by atoms with Crippen molar-refractivity contribution in [1.82, 2.24) is 4.90 Å². The van der Waals surface area contributed by atoms with Crippen molar-refractivity contribution in [3.05, 3.63) is 0 Å². The van der Waals surface area contributed by atoms with Crippen LogP contribution in [0.3, 0.4) is 0 Å². The Kier molecular flexibility index (Phi) is 1.85. The number of hydrogen-bond acceptors (Lipinski definition) is 4. The Morgan fingerprint density at radius 3 is 2.31 bits per heavy atom. The predicted molar refractivity (Wildman–Crippen MR) is 43.4 cm³/mol. The summed E-state index contributed by atoms with van der Waals surface area (Å²) in [5, 5.41) is 8.55. The highest BCUT2D eigenvalue weighted by atomic mass is 16.3. The van der Waals surface area contributed by atoms with Gasteiger partial charge in [0, 0.05) is 19.2 Å². The van der Waals surface area contributed by atoms with Crippen molar-refractivity contribution < 1.29 is 14.7 Å². The summed E-state index contributed by atoms with van der Waals surface area (Å²) in [5.41, 5.74) is 5.53. The molecule has 72 valence electrons. The molecule has 5 heteroatoms. The van der Waals surface area contributed by atoms with E-state index in [4.69, 9.17) is 10.8 Å². The fraction of sp³-hybridized carbons (Fsp3) is 0.750. The number of rotatable bonds is 3. The van der Waals surface area contributed by atoms with Crippen LogP contribution in [0.15, 0.2) is 0 Å². The second kappa shape index (κ2) is 2.78. The lowest BCUT2D eigenvalue weighted by Crippen LogP contribution is -2.38. The molecule has 1 saturated heterocycles. The van der Waals surface area contributed by atoms with Crippen LogP contribution in [0.5, 0.6) is 0 Å². The molecule has 2 rings (SSSR count). The largest absolute Gasteiger partial charge is 0.396 e. The van der Waals surface area contributed by atoms with Gasteiger partial charge in [-0.1, -0.05) is 0 Å². The molecule has 0 spiro atoms. The molecule has 1 aliphatic carbocycles. The second-order valence-electron chi connectivity index (χ2n) is 3.53. The van der Waals surface area contributed by atoms with E-state index in [1.165, 1.54) is 4.90 Å². The standard InChI is InChI=1S/C8H12N2O3/c9-6-4-5(6)8(13)10(7(4)12)2-1-3-11/h4-6,11H,1-3,9H2. The molecule has 1 heterocycles. The van der Waals surface area contributed by atoms with Gasteiger partial charge in [0.2, 0.25) is 11.8 Å². The molecule has 2 unspecified atom stereocenters. The summed E-state index contributed by atoms with van der Waals surface area (Å²) in [6.07, 6.45) is 0.451. The monoisotopic (exact) mass is 184 g/mol. The van der Waals surface area contributed by atoms with Gasteiger partial charge in [-0.3, -0.25) is 14.5 Å². The number of nitrogens with two attached hydrogens (primary N) is 1. The fourth-order valence-corrected chi connectivity index (χ4v) is 1.89. The average Bonchev–Trinajstić information content (AvgIpc) is 2.69. The Bertz CT molecular complexity index is 244. The van der Waals surface area contributed by atoms with Crippen molar-refractivity contribution in [3.8, 4) is 0 Å². The lowest BCUT2D eigenvalue weighted by molar-refractivity contribution is -0.141. The maximum atomic E-state index is 11.4. The normalized spacial score (nSPS) is 36.8. The minimum Gasteiger partial charge on any atom is -0.396 e. The molecule has 2 amide bonds. The quantitative estimate of drug-likeness (QED) is 0.513. The van der Waals surface area contributed by atoms with Crippen LogP contribution >= 0.6 is 0 Å². The lowest BCUT2D eigenvalue weighted by atomic mass is 10.3. The van der Waals surface area contributed by atoms with Crippen molar-refractivity contribution in [2.75, 3.05) is 13.2 Å². The third-order valence-electron chi connectivity index (χ3n) is 2.72. The molecular weight excluding hydrogens is 172 g/mol. The zero-order chi connectivity index (χ0) is 9.59. The van der Waals surface area contributed by atoms with E-state index in [1.54, 1.807) is 0 Å². The number of fused-ring (bicyclic) bond motifs is 1. The number of carbonyl (C=O) groups excluding carboxylic acids is 2. The molecule has 2 fully saturated rings. The summed E-state index contributed by atoms with van der Waals surface area (Å²) in [7, 11) is 0. The first-order valence-electron chi connectivity index (χ1n) is 4.40. The van der Waals surface area contributed by atoms with Crippen LogP contribution in [-0.4, -0.2) is 41.0 Å². The lowest BCUT2D eigenvalue weighted by Gasteiger charge is -2.16. The summed E-state index contributed by atoms with van der Waals surface area (Å²) in [6.45, 7) is 0.326. The molecular formula is C8H12N2O3. The van der Waals surface area contributed by atoms with Crippen LogP contribution in [0.25, 0.3) is 0 Å². The number of piperidine rings is 1. The Morgan fingerprint density at radius 1 is 1.31 bits per heavy atom. The van der Waals surface area contributed by atoms with Crippen molar-refractivity contribution in [2.24, 2.45) is 17.6 Å². The fourth-order valence-electron chi connectivity index (χ4n) is 1.89. The SMILES string of the molecule is NC1C2C(=O)N(CCCO)C(=O)C12. The summed E-state index contributed by atoms with van der Waals surface area (Å²) in [5.74, 6) is -0.829. The first kappa shape index (κ1) is 8.65. The molecule has 1 aliphatic heterocycles. The van der Waals surface area contributed by atoms with Gasteiger partial charge < -0.3 is 10.8 Å². The molecule has 0 aromatic rings. The van der Waals surface area contributed by atoms with Crippen molar-refractivity contribution in [1.29, 1.82) is 0 Å². The molecule has 0 bridgehead atoms. The molecule has 1 saturated carbocycles. The zero-order valence-electron chi connectivity index (χ0n) is 7.14. The van der Waals surface area contributed by atoms with E-state index in [0.29, 0.717) is 13.0 Å². The highest BCUT2D eigenvalue weighted by Gasteiger charge is 2.65. The first-order chi connectivity index (χ1) is 6.18. The summed E-state index contributed by atoms with van der Waals surface area (Å²) < 4.78 is 0. The maximum Gasteiger partial charge on any atom is 0.234 e. The number of aliphatic hydroxyl groups excluding tert-OH is 1. The Balaban J connectivity index is 2.00. The average molecular weight is 184 g/mol. The summed E-state index contributed by atoms with van der Waals surface area (Å²) >= 11 is 0. The number of imide groups is 1. The highest BCUT2D eigenvalue weighted by molar-refractivity contribution is 6.10. The van der Waals surface area contributed by atoms with Gasteiger partial charge in [0.25, 0.3) is 0 Å². The van der Waals surface area contributed by atoms with Crippen LogP contribution in [0.4, 0.5) is 0 Å². The number of amides is 2. The van der Waals surface area contributed by atoms with E-state index in [-0.39, 0.29) is 36.3 Å². The van der Waals surface area contributed by atoms with Gasteiger partial charge in [0.05, 0.1) is 11.8 Å². The maximum absolute atomic E-state index is 11.4. The minimum atomic E-state index is -0.258. The van der Waals surface area contributed by atoms with E-state index >= 15 is 0 Å².